The molecule has 2 aromatic rings. The van der Waals surface area contributed by atoms with Crippen molar-refractivity contribution in [2.75, 3.05) is 31.6 Å². The molecule has 1 aromatic heterocycles. The molecule has 21 heavy (non-hydrogen) atoms. The van der Waals surface area contributed by atoms with Crippen molar-refractivity contribution < 1.29 is 5.11 Å². The molecule has 1 aromatic carbocycles. The summed E-state index contributed by atoms with van der Waals surface area (Å²) in [6.45, 7) is 3.06. The van der Waals surface area contributed by atoms with E-state index >= 15 is 0 Å². The van der Waals surface area contributed by atoms with E-state index < -0.39 is 0 Å². The normalized spacial score (nSPS) is 16.3. The van der Waals surface area contributed by atoms with E-state index in [-0.39, 0.29) is 5.75 Å². The number of hydrogen-bond donors (Lipinski definition) is 3. The number of anilines is 1. The number of aromatic amines is 1. The molecule has 0 amide bonds. The minimum atomic E-state index is 0.235. The molecule has 6 heteroatoms. The SMILES string of the molecule is CNCC1CCN(c2n[nH]c(-c3cccc(O)c3)n2)CC1. The Morgan fingerprint density at radius 2 is 2.19 bits per heavy atom. The monoisotopic (exact) mass is 287 g/mol. The number of H-pyrrole nitrogens is 1. The van der Waals surface area contributed by atoms with E-state index in [1.54, 1.807) is 18.2 Å². The van der Waals surface area contributed by atoms with Crippen molar-refractivity contribution in [3.05, 3.63) is 24.3 Å². The fourth-order valence-electron chi connectivity index (χ4n) is 2.80. The van der Waals surface area contributed by atoms with Crippen LogP contribution in [-0.4, -0.2) is 47.0 Å². The molecular formula is C15H21N5O. The molecule has 0 atom stereocenters. The van der Waals surface area contributed by atoms with Gasteiger partial charge in [0, 0.05) is 18.7 Å². The summed E-state index contributed by atoms with van der Waals surface area (Å²) in [5, 5.41) is 20.0. The fraction of sp³-hybridized carbons (Fsp3) is 0.467. The van der Waals surface area contributed by atoms with E-state index in [2.05, 4.69) is 25.4 Å². The van der Waals surface area contributed by atoms with Crippen LogP contribution in [0.4, 0.5) is 5.95 Å². The predicted octanol–water partition coefficient (Wildman–Crippen LogP) is 1.61. The van der Waals surface area contributed by atoms with Crippen LogP contribution in [0.15, 0.2) is 24.3 Å². The van der Waals surface area contributed by atoms with Gasteiger partial charge in [-0.05, 0) is 44.5 Å². The van der Waals surface area contributed by atoms with Gasteiger partial charge in [-0.3, -0.25) is 5.10 Å². The van der Waals surface area contributed by atoms with Crippen molar-refractivity contribution in [3.8, 4) is 17.1 Å². The quantitative estimate of drug-likeness (QED) is 0.796. The third kappa shape index (κ3) is 3.16. The number of piperidine rings is 1. The third-order valence-electron chi connectivity index (χ3n) is 3.98. The average Bonchev–Trinajstić information content (AvgIpc) is 2.98. The van der Waals surface area contributed by atoms with E-state index in [9.17, 15) is 5.11 Å². The summed E-state index contributed by atoms with van der Waals surface area (Å²) in [5.41, 5.74) is 0.846. The summed E-state index contributed by atoms with van der Waals surface area (Å²) in [6.07, 6.45) is 2.33. The molecule has 112 valence electrons. The summed E-state index contributed by atoms with van der Waals surface area (Å²) in [6, 6.07) is 7.04. The zero-order chi connectivity index (χ0) is 14.7. The number of aromatic hydroxyl groups is 1. The standard InChI is InChI=1S/C15H21N5O/c1-16-10-11-5-7-20(8-6-11)15-17-14(18-19-15)12-3-2-4-13(21)9-12/h2-4,9,11,16,21H,5-8,10H2,1H3,(H,17,18,19). The van der Waals surface area contributed by atoms with Gasteiger partial charge in [0.05, 0.1) is 0 Å². The second-order valence-electron chi connectivity index (χ2n) is 5.52. The molecule has 6 nitrogen and oxygen atoms in total. The number of phenolic OH excluding ortho intramolecular Hbond substituents is 1. The molecule has 1 saturated heterocycles. The molecule has 0 saturated carbocycles. The highest BCUT2D eigenvalue weighted by Gasteiger charge is 2.21. The van der Waals surface area contributed by atoms with Crippen molar-refractivity contribution in [2.45, 2.75) is 12.8 Å². The van der Waals surface area contributed by atoms with Gasteiger partial charge in [-0.25, -0.2) is 0 Å². The lowest BCUT2D eigenvalue weighted by Crippen LogP contribution is -2.37. The Hall–Kier alpha value is -2.08. The molecule has 1 aliphatic rings. The second kappa shape index (κ2) is 6.13. The van der Waals surface area contributed by atoms with Gasteiger partial charge in [0.25, 0.3) is 0 Å². The number of benzene rings is 1. The van der Waals surface area contributed by atoms with Crippen molar-refractivity contribution in [1.82, 2.24) is 20.5 Å². The maximum Gasteiger partial charge on any atom is 0.245 e. The lowest BCUT2D eigenvalue weighted by molar-refractivity contribution is 0.391. The number of hydrogen-bond acceptors (Lipinski definition) is 5. The zero-order valence-electron chi connectivity index (χ0n) is 12.2. The average molecular weight is 287 g/mol. The first-order valence-corrected chi connectivity index (χ1v) is 7.37. The maximum absolute atomic E-state index is 9.53. The first-order valence-electron chi connectivity index (χ1n) is 7.37. The van der Waals surface area contributed by atoms with Crippen LogP contribution in [0, 0.1) is 5.92 Å². The Morgan fingerprint density at radius 1 is 1.38 bits per heavy atom. The molecule has 0 aliphatic carbocycles. The molecule has 1 fully saturated rings. The molecule has 1 aliphatic heterocycles. The summed E-state index contributed by atoms with van der Waals surface area (Å²) >= 11 is 0. The molecule has 0 spiro atoms. The lowest BCUT2D eigenvalue weighted by atomic mass is 9.97. The Labute approximate surface area is 124 Å². The van der Waals surface area contributed by atoms with Gasteiger partial charge in [0.2, 0.25) is 5.95 Å². The molecule has 0 unspecified atom stereocenters. The minimum Gasteiger partial charge on any atom is -0.508 e. The minimum absolute atomic E-state index is 0.235. The van der Waals surface area contributed by atoms with Gasteiger partial charge in [0.1, 0.15) is 5.75 Å². The van der Waals surface area contributed by atoms with E-state index in [0.29, 0.717) is 5.82 Å². The lowest BCUT2D eigenvalue weighted by Gasteiger charge is -2.30. The molecular weight excluding hydrogens is 266 g/mol. The number of phenols is 1. The number of nitrogens with zero attached hydrogens (tertiary/aromatic N) is 3. The van der Waals surface area contributed by atoms with Gasteiger partial charge < -0.3 is 15.3 Å². The van der Waals surface area contributed by atoms with Crippen LogP contribution in [0.1, 0.15) is 12.8 Å². The Morgan fingerprint density at radius 3 is 2.90 bits per heavy atom. The van der Waals surface area contributed by atoms with Crippen LogP contribution in [-0.2, 0) is 0 Å². The van der Waals surface area contributed by atoms with E-state index in [1.165, 1.54) is 0 Å². The summed E-state index contributed by atoms with van der Waals surface area (Å²) < 4.78 is 0. The Balaban J connectivity index is 1.68. The molecule has 0 bridgehead atoms. The van der Waals surface area contributed by atoms with E-state index in [1.807, 2.05) is 13.1 Å². The van der Waals surface area contributed by atoms with Crippen LogP contribution < -0.4 is 10.2 Å². The van der Waals surface area contributed by atoms with Gasteiger partial charge in [0.15, 0.2) is 5.82 Å². The highest BCUT2D eigenvalue weighted by Crippen LogP contribution is 2.24. The topological polar surface area (TPSA) is 77.1 Å². The molecule has 3 rings (SSSR count). The maximum atomic E-state index is 9.53. The largest absolute Gasteiger partial charge is 0.508 e. The predicted molar refractivity (Wildman–Crippen MR) is 82.3 cm³/mol. The molecule has 0 radical (unpaired) electrons. The number of nitrogens with one attached hydrogen (secondary N) is 2. The highest BCUT2D eigenvalue weighted by molar-refractivity contribution is 5.58. The molecule has 2 heterocycles. The van der Waals surface area contributed by atoms with Crippen LogP contribution in [0.2, 0.25) is 0 Å². The Kier molecular flexibility index (Phi) is 4.06. The first-order chi connectivity index (χ1) is 10.3. The number of aromatic nitrogens is 3. The van der Waals surface area contributed by atoms with Gasteiger partial charge in [-0.1, -0.05) is 12.1 Å². The second-order valence-corrected chi connectivity index (χ2v) is 5.52. The summed E-state index contributed by atoms with van der Waals surface area (Å²) in [5.74, 6) is 2.42. The first kappa shape index (κ1) is 13.9. The Bertz CT molecular complexity index is 589. The van der Waals surface area contributed by atoms with Crippen molar-refractivity contribution >= 4 is 5.95 Å². The van der Waals surface area contributed by atoms with Crippen molar-refractivity contribution in [1.29, 1.82) is 0 Å². The van der Waals surface area contributed by atoms with Crippen molar-refractivity contribution in [3.63, 3.8) is 0 Å². The van der Waals surface area contributed by atoms with Crippen LogP contribution in [0.3, 0.4) is 0 Å². The molecule has 3 N–H and O–H groups in total. The fourth-order valence-corrected chi connectivity index (χ4v) is 2.80. The van der Waals surface area contributed by atoms with Crippen LogP contribution in [0.5, 0.6) is 5.75 Å². The zero-order valence-corrected chi connectivity index (χ0v) is 12.2. The van der Waals surface area contributed by atoms with E-state index in [0.717, 1.165) is 49.9 Å². The third-order valence-corrected chi connectivity index (χ3v) is 3.98. The summed E-state index contributed by atoms with van der Waals surface area (Å²) in [7, 11) is 2.00. The van der Waals surface area contributed by atoms with Gasteiger partial charge in [-0.15, -0.1) is 5.10 Å². The highest BCUT2D eigenvalue weighted by atomic mass is 16.3. The summed E-state index contributed by atoms with van der Waals surface area (Å²) in [4.78, 5) is 6.77. The van der Waals surface area contributed by atoms with Crippen LogP contribution >= 0.6 is 0 Å². The van der Waals surface area contributed by atoms with Gasteiger partial charge >= 0.3 is 0 Å². The van der Waals surface area contributed by atoms with Crippen LogP contribution in [0.25, 0.3) is 11.4 Å². The van der Waals surface area contributed by atoms with E-state index in [4.69, 9.17) is 0 Å². The van der Waals surface area contributed by atoms with Crippen molar-refractivity contribution in [2.24, 2.45) is 5.92 Å². The smallest absolute Gasteiger partial charge is 0.245 e. The number of rotatable bonds is 4. The van der Waals surface area contributed by atoms with Gasteiger partial charge in [-0.2, -0.15) is 4.98 Å².